The first kappa shape index (κ1) is 15.2. The molecule has 0 atom stereocenters. The molecule has 2 aromatic rings. The maximum Gasteiger partial charge on any atom is 0.123 e. The molecule has 106 valence electrons. The minimum absolute atomic E-state index is 0.418. The number of benzene rings is 2. The van der Waals surface area contributed by atoms with Gasteiger partial charge < -0.3 is 4.74 Å². The Kier molecular flexibility index (Phi) is 4.95. The quantitative estimate of drug-likeness (QED) is 0.672. The van der Waals surface area contributed by atoms with Gasteiger partial charge in [0.1, 0.15) is 12.4 Å². The van der Waals surface area contributed by atoms with Gasteiger partial charge in [-0.1, -0.05) is 49.2 Å². The average molecular weight is 309 g/mol. The lowest BCUT2D eigenvalue weighted by Gasteiger charge is -2.13. The molecule has 0 radical (unpaired) electrons. The van der Waals surface area contributed by atoms with E-state index < -0.39 is 0 Å². The van der Waals surface area contributed by atoms with E-state index in [1.165, 1.54) is 5.56 Å². The van der Waals surface area contributed by atoms with Gasteiger partial charge in [0.15, 0.2) is 0 Å². The molecule has 0 aliphatic rings. The molecule has 3 heteroatoms. The first-order valence-electron chi connectivity index (χ1n) is 6.64. The molecule has 2 rings (SSSR count). The van der Waals surface area contributed by atoms with Crippen LogP contribution in [0.25, 0.3) is 0 Å². The molecule has 0 aliphatic heterocycles. The topological polar surface area (TPSA) is 9.23 Å². The van der Waals surface area contributed by atoms with E-state index in [0.29, 0.717) is 22.6 Å². The van der Waals surface area contributed by atoms with Crippen LogP contribution in [0.4, 0.5) is 0 Å². The first-order valence-corrected chi connectivity index (χ1v) is 7.40. The summed E-state index contributed by atoms with van der Waals surface area (Å²) in [4.78, 5) is 0. The zero-order chi connectivity index (χ0) is 14.7. The van der Waals surface area contributed by atoms with Gasteiger partial charge in [0.25, 0.3) is 0 Å². The molecule has 0 spiro atoms. The summed E-state index contributed by atoms with van der Waals surface area (Å²) in [6.45, 7) is 6.80. The standard InChI is InChI=1S/C17H18Cl2O/c1-11(2)13-5-4-12(3)17(9-13)20-10-14-8-15(18)6-7-16(14)19/h4-9,11H,10H2,1-3H3. The second-order valence-electron chi connectivity index (χ2n) is 5.20. The fourth-order valence-corrected chi connectivity index (χ4v) is 2.31. The van der Waals surface area contributed by atoms with E-state index in [1.807, 2.05) is 13.0 Å². The van der Waals surface area contributed by atoms with Crippen LogP contribution < -0.4 is 4.74 Å². The molecule has 0 N–H and O–H groups in total. The van der Waals surface area contributed by atoms with E-state index in [2.05, 4.69) is 32.0 Å². The van der Waals surface area contributed by atoms with Crippen molar-refractivity contribution in [3.05, 3.63) is 63.1 Å². The summed E-state index contributed by atoms with van der Waals surface area (Å²) in [5, 5.41) is 1.34. The van der Waals surface area contributed by atoms with Crippen LogP contribution in [0.3, 0.4) is 0 Å². The average Bonchev–Trinajstić information content (AvgIpc) is 2.41. The number of halogens is 2. The molecule has 0 aliphatic carbocycles. The molecule has 0 saturated heterocycles. The van der Waals surface area contributed by atoms with Crippen LogP contribution >= 0.6 is 23.2 Å². The van der Waals surface area contributed by atoms with Crippen molar-refractivity contribution >= 4 is 23.2 Å². The SMILES string of the molecule is Cc1ccc(C(C)C)cc1OCc1cc(Cl)ccc1Cl. The van der Waals surface area contributed by atoms with E-state index in [9.17, 15) is 0 Å². The number of rotatable bonds is 4. The van der Waals surface area contributed by atoms with Gasteiger partial charge in [-0.25, -0.2) is 0 Å². The number of hydrogen-bond acceptors (Lipinski definition) is 1. The zero-order valence-corrected chi connectivity index (χ0v) is 13.4. The lowest BCUT2D eigenvalue weighted by molar-refractivity contribution is 0.304. The lowest BCUT2D eigenvalue weighted by atomic mass is 10.0. The highest BCUT2D eigenvalue weighted by molar-refractivity contribution is 6.33. The number of aryl methyl sites for hydroxylation is 1. The minimum Gasteiger partial charge on any atom is -0.489 e. The van der Waals surface area contributed by atoms with E-state index in [4.69, 9.17) is 27.9 Å². The van der Waals surface area contributed by atoms with Crippen LogP contribution in [-0.2, 0) is 6.61 Å². The largest absolute Gasteiger partial charge is 0.489 e. The van der Waals surface area contributed by atoms with Crippen molar-refractivity contribution in [2.45, 2.75) is 33.3 Å². The molecule has 0 unspecified atom stereocenters. The van der Waals surface area contributed by atoms with Crippen molar-refractivity contribution in [2.75, 3.05) is 0 Å². The van der Waals surface area contributed by atoms with Gasteiger partial charge in [-0.05, 0) is 48.2 Å². The predicted octanol–water partition coefficient (Wildman–Crippen LogP) is 6.00. The highest BCUT2D eigenvalue weighted by Gasteiger charge is 2.07. The summed E-state index contributed by atoms with van der Waals surface area (Å²) in [7, 11) is 0. The van der Waals surface area contributed by atoms with Crippen LogP contribution in [-0.4, -0.2) is 0 Å². The van der Waals surface area contributed by atoms with Crippen LogP contribution in [0.2, 0.25) is 10.0 Å². The Morgan fingerprint density at radius 2 is 1.80 bits per heavy atom. The van der Waals surface area contributed by atoms with Crippen molar-refractivity contribution in [1.29, 1.82) is 0 Å². The van der Waals surface area contributed by atoms with Crippen molar-refractivity contribution in [3.63, 3.8) is 0 Å². The second kappa shape index (κ2) is 6.51. The molecule has 0 amide bonds. The van der Waals surface area contributed by atoms with Crippen molar-refractivity contribution < 1.29 is 4.74 Å². The Bertz CT molecular complexity index is 606. The zero-order valence-electron chi connectivity index (χ0n) is 11.9. The molecule has 0 bridgehead atoms. The van der Waals surface area contributed by atoms with E-state index in [-0.39, 0.29) is 0 Å². The third kappa shape index (κ3) is 3.68. The van der Waals surface area contributed by atoms with Crippen molar-refractivity contribution in [3.8, 4) is 5.75 Å². The molecule has 2 aromatic carbocycles. The van der Waals surface area contributed by atoms with Gasteiger partial charge >= 0.3 is 0 Å². The highest BCUT2D eigenvalue weighted by atomic mass is 35.5. The minimum atomic E-state index is 0.418. The maximum absolute atomic E-state index is 6.15. The third-order valence-corrected chi connectivity index (χ3v) is 3.87. The third-order valence-electron chi connectivity index (χ3n) is 3.27. The molecule has 0 heterocycles. The second-order valence-corrected chi connectivity index (χ2v) is 6.05. The smallest absolute Gasteiger partial charge is 0.123 e. The summed E-state index contributed by atoms with van der Waals surface area (Å²) in [6.07, 6.45) is 0. The summed E-state index contributed by atoms with van der Waals surface area (Å²) in [5.41, 5.74) is 3.28. The van der Waals surface area contributed by atoms with E-state index >= 15 is 0 Å². The Balaban J connectivity index is 2.18. The molecule has 20 heavy (non-hydrogen) atoms. The molecule has 0 fully saturated rings. The predicted molar refractivity (Wildman–Crippen MR) is 86.1 cm³/mol. The molecule has 0 aromatic heterocycles. The first-order chi connectivity index (χ1) is 9.47. The normalized spacial score (nSPS) is 10.9. The van der Waals surface area contributed by atoms with Crippen molar-refractivity contribution in [1.82, 2.24) is 0 Å². The van der Waals surface area contributed by atoms with Gasteiger partial charge in [-0.15, -0.1) is 0 Å². The summed E-state index contributed by atoms with van der Waals surface area (Å²) in [6, 6.07) is 11.7. The van der Waals surface area contributed by atoms with Crippen LogP contribution in [0.5, 0.6) is 5.75 Å². The van der Waals surface area contributed by atoms with Gasteiger partial charge in [-0.3, -0.25) is 0 Å². The lowest BCUT2D eigenvalue weighted by Crippen LogP contribution is -1.99. The van der Waals surface area contributed by atoms with Gasteiger partial charge in [0.05, 0.1) is 0 Å². The van der Waals surface area contributed by atoms with E-state index in [1.54, 1.807) is 12.1 Å². The fourth-order valence-electron chi connectivity index (χ4n) is 1.94. The van der Waals surface area contributed by atoms with Gasteiger partial charge in [0.2, 0.25) is 0 Å². The number of hydrogen-bond donors (Lipinski definition) is 0. The van der Waals surface area contributed by atoms with Crippen LogP contribution in [0.15, 0.2) is 36.4 Å². The van der Waals surface area contributed by atoms with Crippen LogP contribution in [0, 0.1) is 6.92 Å². The highest BCUT2D eigenvalue weighted by Crippen LogP contribution is 2.27. The molecular weight excluding hydrogens is 291 g/mol. The fraction of sp³-hybridized carbons (Fsp3) is 0.294. The van der Waals surface area contributed by atoms with Crippen LogP contribution in [0.1, 0.15) is 36.5 Å². The summed E-state index contributed by atoms with van der Waals surface area (Å²) >= 11 is 12.1. The number of ether oxygens (including phenoxy) is 1. The Labute approximate surface area is 130 Å². The molecule has 1 nitrogen and oxygen atoms in total. The monoisotopic (exact) mass is 308 g/mol. The Hall–Kier alpha value is -1.18. The maximum atomic E-state index is 6.15. The molecular formula is C17H18Cl2O. The van der Waals surface area contributed by atoms with Gasteiger partial charge in [0, 0.05) is 15.6 Å². The Morgan fingerprint density at radius 3 is 2.50 bits per heavy atom. The molecule has 0 saturated carbocycles. The van der Waals surface area contributed by atoms with Crippen molar-refractivity contribution in [2.24, 2.45) is 0 Å². The summed E-state index contributed by atoms with van der Waals surface area (Å²) < 4.78 is 5.91. The summed E-state index contributed by atoms with van der Waals surface area (Å²) in [5.74, 6) is 1.37. The van der Waals surface area contributed by atoms with Gasteiger partial charge in [-0.2, -0.15) is 0 Å². The Morgan fingerprint density at radius 1 is 1.05 bits per heavy atom. The van der Waals surface area contributed by atoms with E-state index in [0.717, 1.165) is 16.9 Å².